The Kier molecular flexibility index (Phi) is 5.51. The lowest BCUT2D eigenvalue weighted by molar-refractivity contribution is -0.127. The zero-order valence-electron chi connectivity index (χ0n) is 14.3. The van der Waals surface area contributed by atoms with Crippen LogP contribution in [-0.2, 0) is 4.79 Å². The molecule has 0 aliphatic heterocycles. The first-order valence-electron chi connectivity index (χ1n) is 8.25. The van der Waals surface area contributed by atoms with Crippen molar-refractivity contribution in [2.24, 2.45) is 0 Å². The van der Waals surface area contributed by atoms with Gasteiger partial charge in [-0.05, 0) is 48.6 Å². The van der Waals surface area contributed by atoms with E-state index in [4.69, 9.17) is 4.74 Å². The van der Waals surface area contributed by atoms with Crippen molar-refractivity contribution in [1.29, 1.82) is 0 Å². The summed E-state index contributed by atoms with van der Waals surface area (Å²) in [6, 6.07) is 21.6. The quantitative estimate of drug-likeness (QED) is 0.697. The van der Waals surface area contributed by atoms with Gasteiger partial charge in [0.25, 0.3) is 5.91 Å². The molecule has 1 heterocycles. The third-order valence-electron chi connectivity index (χ3n) is 3.92. The van der Waals surface area contributed by atoms with Crippen molar-refractivity contribution in [2.75, 3.05) is 0 Å². The molecule has 0 aliphatic rings. The lowest BCUT2D eigenvalue weighted by atomic mass is 10.1. The third kappa shape index (κ3) is 4.48. The van der Waals surface area contributed by atoms with Gasteiger partial charge in [-0.15, -0.1) is 11.3 Å². The van der Waals surface area contributed by atoms with Gasteiger partial charge in [-0.25, -0.2) is 0 Å². The molecule has 1 aromatic heterocycles. The van der Waals surface area contributed by atoms with Gasteiger partial charge in [0.05, 0.1) is 6.04 Å². The van der Waals surface area contributed by atoms with Crippen molar-refractivity contribution >= 4 is 17.2 Å². The minimum Gasteiger partial charge on any atom is -0.481 e. The van der Waals surface area contributed by atoms with Gasteiger partial charge in [0.1, 0.15) is 5.75 Å². The number of ether oxygens (including phenoxy) is 1. The number of hydrogen-bond acceptors (Lipinski definition) is 3. The maximum Gasteiger partial charge on any atom is 0.261 e. The fourth-order valence-electron chi connectivity index (χ4n) is 2.63. The Morgan fingerprint density at radius 3 is 2.52 bits per heavy atom. The van der Waals surface area contributed by atoms with Crippen molar-refractivity contribution in [3.8, 4) is 5.75 Å². The van der Waals surface area contributed by atoms with Gasteiger partial charge in [0.15, 0.2) is 6.10 Å². The highest BCUT2D eigenvalue weighted by Gasteiger charge is 2.22. The van der Waals surface area contributed by atoms with Gasteiger partial charge in [-0.3, -0.25) is 4.79 Å². The van der Waals surface area contributed by atoms with Gasteiger partial charge in [-0.2, -0.15) is 0 Å². The molecule has 25 heavy (non-hydrogen) atoms. The number of rotatable bonds is 6. The predicted octanol–water partition coefficient (Wildman–Crippen LogP) is 4.73. The van der Waals surface area contributed by atoms with Crippen LogP contribution in [0.2, 0.25) is 0 Å². The lowest BCUT2D eigenvalue weighted by Crippen LogP contribution is -2.38. The summed E-state index contributed by atoms with van der Waals surface area (Å²) in [6.45, 7) is 3.77. The lowest BCUT2D eigenvalue weighted by Gasteiger charge is -2.21. The molecule has 0 unspecified atom stereocenters. The van der Waals surface area contributed by atoms with E-state index < -0.39 is 6.10 Å². The second kappa shape index (κ2) is 7.99. The third-order valence-corrected chi connectivity index (χ3v) is 4.86. The number of hydrogen-bond donors (Lipinski definition) is 1. The van der Waals surface area contributed by atoms with Gasteiger partial charge in [-0.1, -0.05) is 48.5 Å². The average Bonchev–Trinajstić information content (AvgIpc) is 3.14. The Hall–Kier alpha value is -2.59. The van der Waals surface area contributed by atoms with Gasteiger partial charge in [0.2, 0.25) is 0 Å². The van der Waals surface area contributed by atoms with E-state index in [1.165, 1.54) is 0 Å². The fraction of sp³-hybridized carbons (Fsp3) is 0.190. The van der Waals surface area contributed by atoms with Crippen LogP contribution in [0.25, 0.3) is 0 Å². The first-order chi connectivity index (χ1) is 12.1. The molecule has 1 amide bonds. The molecule has 0 saturated heterocycles. The van der Waals surface area contributed by atoms with Crippen LogP contribution in [0.5, 0.6) is 5.75 Å². The second-order valence-electron chi connectivity index (χ2n) is 5.94. The largest absolute Gasteiger partial charge is 0.481 e. The van der Waals surface area contributed by atoms with Gasteiger partial charge < -0.3 is 10.1 Å². The Balaban J connectivity index is 1.74. The zero-order chi connectivity index (χ0) is 17.6. The first-order valence-corrected chi connectivity index (χ1v) is 9.13. The smallest absolute Gasteiger partial charge is 0.261 e. The molecule has 4 heteroatoms. The Morgan fingerprint density at radius 1 is 1.04 bits per heavy atom. The van der Waals surface area contributed by atoms with E-state index in [1.807, 2.05) is 79.0 Å². The molecule has 2 aromatic carbocycles. The average molecular weight is 351 g/mol. The number of aryl methyl sites for hydroxylation is 1. The molecule has 0 bridgehead atoms. The van der Waals surface area contributed by atoms with Gasteiger partial charge >= 0.3 is 0 Å². The molecule has 128 valence electrons. The molecule has 3 aromatic rings. The minimum atomic E-state index is -0.576. The Labute approximate surface area is 152 Å². The summed E-state index contributed by atoms with van der Waals surface area (Å²) in [5.74, 6) is 0.568. The standard InChI is InChI=1S/C21H21NO2S/c1-15-8-6-11-18(14-15)24-16(2)21(23)22-20(19-12-7-13-25-19)17-9-4-3-5-10-17/h3-14,16,20H,1-2H3,(H,22,23)/t16-,20+/m0/s1. The second-order valence-corrected chi connectivity index (χ2v) is 6.92. The van der Waals surface area contributed by atoms with E-state index in [9.17, 15) is 4.79 Å². The number of carbonyl (C=O) groups excluding carboxylic acids is 1. The van der Waals surface area contributed by atoms with Gasteiger partial charge in [0, 0.05) is 4.88 Å². The summed E-state index contributed by atoms with van der Waals surface area (Å²) in [5.41, 5.74) is 2.16. The van der Waals surface area contributed by atoms with E-state index in [1.54, 1.807) is 18.3 Å². The summed E-state index contributed by atoms with van der Waals surface area (Å²) < 4.78 is 5.80. The molecule has 3 nitrogen and oxygen atoms in total. The van der Waals surface area contributed by atoms with Crippen molar-refractivity contribution < 1.29 is 9.53 Å². The molecular formula is C21H21NO2S. The van der Waals surface area contributed by atoms with E-state index >= 15 is 0 Å². The zero-order valence-corrected chi connectivity index (χ0v) is 15.1. The number of benzene rings is 2. The number of amides is 1. The maximum absolute atomic E-state index is 12.7. The van der Waals surface area contributed by atoms with Crippen LogP contribution < -0.4 is 10.1 Å². The van der Waals surface area contributed by atoms with Crippen molar-refractivity contribution in [3.63, 3.8) is 0 Å². The van der Waals surface area contributed by atoms with Crippen LogP contribution in [0.15, 0.2) is 72.1 Å². The number of thiophene rings is 1. The van der Waals surface area contributed by atoms with Crippen molar-refractivity contribution in [2.45, 2.75) is 26.0 Å². The Morgan fingerprint density at radius 2 is 1.84 bits per heavy atom. The van der Waals surface area contributed by atoms with Crippen LogP contribution in [0.1, 0.15) is 29.0 Å². The van der Waals surface area contributed by atoms with Crippen LogP contribution >= 0.6 is 11.3 Å². The Bertz CT molecular complexity index is 815. The fourth-order valence-corrected chi connectivity index (χ4v) is 3.43. The molecule has 3 rings (SSSR count). The SMILES string of the molecule is Cc1cccc(O[C@@H](C)C(=O)N[C@H](c2ccccc2)c2cccs2)c1. The highest BCUT2D eigenvalue weighted by atomic mass is 32.1. The van der Waals surface area contributed by atoms with E-state index in [0.29, 0.717) is 5.75 Å². The van der Waals surface area contributed by atoms with Crippen LogP contribution in [0.3, 0.4) is 0 Å². The van der Waals surface area contributed by atoms with Crippen LogP contribution in [0, 0.1) is 6.92 Å². The maximum atomic E-state index is 12.7. The summed E-state index contributed by atoms with van der Waals surface area (Å²) in [7, 11) is 0. The van der Waals surface area contributed by atoms with E-state index in [2.05, 4.69) is 5.32 Å². The molecule has 2 atom stereocenters. The predicted molar refractivity (Wildman–Crippen MR) is 102 cm³/mol. The monoisotopic (exact) mass is 351 g/mol. The molecule has 0 spiro atoms. The first kappa shape index (κ1) is 17.2. The number of carbonyl (C=O) groups is 1. The van der Waals surface area contributed by atoms with Crippen LogP contribution in [0.4, 0.5) is 0 Å². The summed E-state index contributed by atoms with van der Waals surface area (Å²) >= 11 is 1.63. The summed E-state index contributed by atoms with van der Waals surface area (Å²) in [5, 5.41) is 5.13. The molecular weight excluding hydrogens is 330 g/mol. The van der Waals surface area contributed by atoms with Crippen molar-refractivity contribution in [1.82, 2.24) is 5.32 Å². The summed E-state index contributed by atoms with van der Waals surface area (Å²) in [4.78, 5) is 13.8. The topological polar surface area (TPSA) is 38.3 Å². The van der Waals surface area contributed by atoms with Crippen molar-refractivity contribution in [3.05, 3.63) is 88.1 Å². The minimum absolute atomic E-state index is 0.135. The molecule has 1 N–H and O–H groups in total. The number of nitrogens with one attached hydrogen (secondary N) is 1. The molecule has 0 saturated carbocycles. The van der Waals surface area contributed by atoms with E-state index in [0.717, 1.165) is 16.0 Å². The molecule has 0 aliphatic carbocycles. The van der Waals surface area contributed by atoms with Crippen LogP contribution in [-0.4, -0.2) is 12.0 Å². The molecule has 0 radical (unpaired) electrons. The highest BCUT2D eigenvalue weighted by Crippen LogP contribution is 2.26. The summed E-state index contributed by atoms with van der Waals surface area (Å²) in [6.07, 6.45) is -0.576. The highest BCUT2D eigenvalue weighted by molar-refractivity contribution is 7.10. The van der Waals surface area contributed by atoms with E-state index in [-0.39, 0.29) is 11.9 Å². The molecule has 0 fully saturated rings. The normalized spacial score (nSPS) is 13.0.